The van der Waals surface area contributed by atoms with E-state index in [1.54, 1.807) is 6.20 Å². The van der Waals surface area contributed by atoms with Crippen molar-refractivity contribution in [3.05, 3.63) is 18.0 Å². The summed E-state index contributed by atoms with van der Waals surface area (Å²) in [6, 6.07) is 1.74. The third-order valence-electron chi connectivity index (χ3n) is 3.75. The van der Waals surface area contributed by atoms with Crippen LogP contribution in [0.3, 0.4) is 0 Å². The Labute approximate surface area is 126 Å². The summed E-state index contributed by atoms with van der Waals surface area (Å²) in [4.78, 5) is 14.8. The van der Waals surface area contributed by atoms with Crippen molar-refractivity contribution in [2.75, 3.05) is 13.1 Å². The lowest BCUT2D eigenvalue weighted by Crippen LogP contribution is -2.56. The molecule has 1 amide bonds. The molecule has 2 N–H and O–H groups in total. The zero-order valence-corrected chi connectivity index (χ0v) is 13.3. The van der Waals surface area contributed by atoms with Crippen LogP contribution >= 0.6 is 0 Å². The zero-order valence-electron chi connectivity index (χ0n) is 13.3. The second kappa shape index (κ2) is 7.04. The summed E-state index contributed by atoms with van der Waals surface area (Å²) < 4.78 is 5.76. The van der Waals surface area contributed by atoms with Crippen LogP contribution in [0.15, 0.2) is 12.3 Å². The summed E-state index contributed by atoms with van der Waals surface area (Å²) in [5.74, 6) is 0.324. The lowest BCUT2D eigenvalue weighted by atomic mass is 9.99. The normalized spacial score (nSPS) is 25.0. The maximum absolute atomic E-state index is 12.6. The summed E-state index contributed by atoms with van der Waals surface area (Å²) >= 11 is 0. The van der Waals surface area contributed by atoms with Gasteiger partial charge in [0.15, 0.2) is 0 Å². The molecule has 0 spiro atoms. The number of carbonyl (C=O) groups is 1. The lowest BCUT2D eigenvalue weighted by molar-refractivity contribution is -0.135. The number of ether oxygens (including phenoxy) is 1. The van der Waals surface area contributed by atoms with Gasteiger partial charge in [-0.2, -0.15) is 5.10 Å². The largest absolute Gasteiger partial charge is 0.373 e. The van der Waals surface area contributed by atoms with Crippen molar-refractivity contribution in [3.8, 4) is 0 Å². The van der Waals surface area contributed by atoms with Crippen LogP contribution in [0.1, 0.15) is 33.4 Å². The Bertz CT molecular complexity index is 437. The third-order valence-corrected chi connectivity index (χ3v) is 3.75. The fraction of sp³-hybridized carbons (Fsp3) is 0.733. The lowest BCUT2D eigenvalue weighted by Gasteiger charge is -2.41. The highest BCUT2D eigenvalue weighted by atomic mass is 16.5. The molecule has 1 aromatic rings. The Morgan fingerprint density at radius 3 is 2.67 bits per heavy atom. The van der Waals surface area contributed by atoms with Crippen LogP contribution in [0.25, 0.3) is 0 Å². The first-order chi connectivity index (χ1) is 9.97. The van der Waals surface area contributed by atoms with E-state index in [2.05, 4.69) is 48.1 Å². The van der Waals surface area contributed by atoms with Crippen molar-refractivity contribution in [2.24, 2.45) is 5.92 Å². The number of morpholine rings is 1. The maximum atomic E-state index is 12.6. The number of aromatic amines is 1. The summed E-state index contributed by atoms with van der Waals surface area (Å²) in [5.41, 5.74) is 0.912. The standard InChI is InChI=1S/C15H26N4O2/c1-10(2)14(19-8-11(3)21-12(4)9-19)15(20)16-7-13-5-6-17-18-13/h5-6,10-12,14H,7-9H2,1-4H3,(H,16,20)(H,17,18). The Hall–Kier alpha value is -1.40. The average Bonchev–Trinajstić information content (AvgIpc) is 2.87. The fourth-order valence-electron chi connectivity index (χ4n) is 3.01. The minimum Gasteiger partial charge on any atom is -0.373 e. The molecular formula is C15H26N4O2. The van der Waals surface area contributed by atoms with Crippen molar-refractivity contribution >= 4 is 5.91 Å². The number of aromatic nitrogens is 2. The summed E-state index contributed by atoms with van der Waals surface area (Å²) in [7, 11) is 0. The molecule has 2 rings (SSSR count). The number of rotatable bonds is 5. The Morgan fingerprint density at radius 1 is 1.48 bits per heavy atom. The molecule has 1 aliphatic rings. The first kappa shape index (κ1) is 16.0. The number of amides is 1. The molecule has 6 heteroatoms. The Balaban J connectivity index is 1.98. The molecule has 1 aliphatic heterocycles. The summed E-state index contributed by atoms with van der Waals surface area (Å²) in [6.07, 6.45) is 2.01. The monoisotopic (exact) mass is 294 g/mol. The molecule has 0 radical (unpaired) electrons. The van der Waals surface area contributed by atoms with Gasteiger partial charge in [0.25, 0.3) is 0 Å². The quantitative estimate of drug-likeness (QED) is 0.855. The van der Waals surface area contributed by atoms with E-state index in [1.807, 2.05) is 6.07 Å². The number of hydrogen-bond donors (Lipinski definition) is 2. The van der Waals surface area contributed by atoms with Gasteiger partial charge in [0, 0.05) is 19.3 Å². The van der Waals surface area contributed by atoms with E-state index in [1.165, 1.54) is 0 Å². The van der Waals surface area contributed by atoms with Crippen LogP contribution in [0.4, 0.5) is 0 Å². The topological polar surface area (TPSA) is 70.2 Å². The molecule has 1 saturated heterocycles. The van der Waals surface area contributed by atoms with Crippen molar-refractivity contribution < 1.29 is 9.53 Å². The first-order valence-corrected chi connectivity index (χ1v) is 7.63. The van der Waals surface area contributed by atoms with Gasteiger partial charge in [-0.25, -0.2) is 0 Å². The minimum atomic E-state index is -0.123. The van der Waals surface area contributed by atoms with Gasteiger partial charge in [-0.1, -0.05) is 13.8 Å². The van der Waals surface area contributed by atoms with Gasteiger partial charge in [0.05, 0.1) is 30.5 Å². The SMILES string of the molecule is CC1CN(C(C(=O)NCc2ccn[nH]2)C(C)C)CC(C)O1. The van der Waals surface area contributed by atoms with E-state index in [4.69, 9.17) is 4.74 Å². The van der Waals surface area contributed by atoms with E-state index in [9.17, 15) is 4.79 Å². The number of H-pyrrole nitrogens is 1. The molecule has 0 aliphatic carbocycles. The Morgan fingerprint density at radius 2 is 2.14 bits per heavy atom. The molecule has 3 atom stereocenters. The molecule has 1 aromatic heterocycles. The highest BCUT2D eigenvalue weighted by Crippen LogP contribution is 2.18. The second-order valence-electron chi connectivity index (χ2n) is 6.20. The predicted molar refractivity (Wildman–Crippen MR) is 80.6 cm³/mol. The van der Waals surface area contributed by atoms with Gasteiger partial charge in [-0.15, -0.1) is 0 Å². The summed E-state index contributed by atoms with van der Waals surface area (Å²) in [5, 5.41) is 9.74. The van der Waals surface area contributed by atoms with E-state index in [-0.39, 0.29) is 30.1 Å². The van der Waals surface area contributed by atoms with Crippen molar-refractivity contribution in [2.45, 2.75) is 52.5 Å². The molecule has 0 saturated carbocycles. The van der Waals surface area contributed by atoms with E-state index in [0.29, 0.717) is 6.54 Å². The molecule has 2 heterocycles. The molecular weight excluding hydrogens is 268 g/mol. The predicted octanol–water partition coefficient (Wildman–Crippen LogP) is 1.16. The smallest absolute Gasteiger partial charge is 0.237 e. The molecule has 3 unspecified atom stereocenters. The molecule has 6 nitrogen and oxygen atoms in total. The molecule has 21 heavy (non-hydrogen) atoms. The first-order valence-electron chi connectivity index (χ1n) is 7.63. The van der Waals surface area contributed by atoms with E-state index in [0.717, 1.165) is 18.8 Å². The number of nitrogens with zero attached hydrogens (tertiary/aromatic N) is 2. The van der Waals surface area contributed by atoms with Crippen LogP contribution in [-0.4, -0.2) is 52.3 Å². The number of hydrogen-bond acceptors (Lipinski definition) is 4. The van der Waals surface area contributed by atoms with E-state index >= 15 is 0 Å². The molecule has 118 valence electrons. The highest BCUT2D eigenvalue weighted by molar-refractivity contribution is 5.82. The fourth-order valence-corrected chi connectivity index (χ4v) is 3.01. The van der Waals surface area contributed by atoms with Gasteiger partial charge in [0.1, 0.15) is 0 Å². The average molecular weight is 294 g/mol. The maximum Gasteiger partial charge on any atom is 0.237 e. The van der Waals surface area contributed by atoms with E-state index < -0.39 is 0 Å². The number of nitrogens with one attached hydrogen (secondary N) is 2. The van der Waals surface area contributed by atoms with Gasteiger partial charge >= 0.3 is 0 Å². The molecule has 0 aromatic carbocycles. The summed E-state index contributed by atoms with van der Waals surface area (Å²) in [6.45, 7) is 10.4. The van der Waals surface area contributed by atoms with Crippen molar-refractivity contribution in [3.63, 3.8) is 0 Å². The van der Waals surface area contributed by atoms with Crippen molar-refractivity contribution in [1.82, 2.24) is 20.4 Å². The van der Waals surface area contributed by atoms with Gasteiger partial charge in [-0.05, 0) is 25.8 Å². The minimum absolute atomic E-state index is 0.0703. The number of carbonyl (C=O) groups excluding carboxylic acids is 1. The van der Waals surface area contributed by atoms with Crippen LogP contribution in [-0.2, 0) is 16.1 Å². The van der Waals surface area contributed by atoms with Gasteiger partial charge in [-0.3, -0.25) is 14.8 Å². The third kappa shape index (κ3) is 4.28. The van der Waals surface area contributed by atoms with Crippen LogP contribution < -0.4 is 5.32 Å². The van der Waals surface area contributed by atoms with Crippen LogP contribution in [0, 0.1) is 5.92 Å². The zero-order chi connectivity index (χ0) is 15.4. The molecule has 0 bridgehead atoms. The van der Waals surface area contributed by atoms with Crippen molar-refractivity contribution in [1.29, 1.82) is 0 Å². The van der Waals surface area contributed by atoms with Crippen LogP contribution in [0.5, 0.6) is 0 Å². The second-order valence-corrected chi connectivity index (χ2v) is 6.20. The Kier molecular flexibility index (Phi) is 5.36. The highest BCUT2D eigenvalue weighted by Gasteiger charge is 2.33. The van der Waals surface area contributed by atoms with Crippen LogP contribution in [0.2, 0.25) is 0 Å². The van der Waals surface area contributed by atoms with Gasteiger partial charge in [0.2, 0.25) is 5.91 Å². The molecule has 1 fully saturated rings. The van der Waals surface area contributed by atoms with Gasteiger partial charge < -0.3 is 10.1 Å².